The molecule has 6 aromatic rings. The fourth-order valence-electron chi connectivity index (χ4n) is 6.24. The Bertz CT molecular complexity index is 2060. The molecule has 1 saturated heterocycles. The minimum Gasteiger partial charge on any atom is -0.492 e. The molecule has 0 spiro atoms. The number of nitrogens with one attached hydrogen (secondary N) is 2. The summed E-state index contributed by atoms with van der Waals surface area (Å²) in [5.41, 5.74) is 3.79. The van der Waals surface area contributed by atoms with E-state index in [1.54, 1.807) is 12.4 Å². The largest absolute Gasteiger partial charge is 0.492 e. The summed E-state index contributed by atoms with van der Waals surface area (Å²) in [5.74, 6) is 1.71. The molecule has 10 nitrogen and oxygen atoms in total. The zero-order valence-corrected chi connectivity index (χ0v) is 27.8. The highest BCUT2D eigenvalue weighted by atomic mass is 16.5. The summed E-state index contributed by atoms with van der Waals surface area (Å²) in [5, 5.41) is 8.81. The van der Waals surface area contributed by atoms with Crippen LogP contribution >= 0.6 is 0 Å². The number of nitrogens with zero attached hydrogens (tertiary/aromatic N) is 4. The molecule has 2 aromatic heterocycles. The normalized spacial score (nSPS) is 13.3. The van der Waals surface area contributed by atoms with Crippen molar-refractivity contribution in [1.29, 1.82) is 0 Å². The average Bonchev–Trinajstić information content (AvgIpc) is 3.57. The van der Waals surface area contributed by atoms with E-state index in [1.165, 1.54) is 0 Å². The maximum absolute atomic E-state index is 13.0. The van der Waals surface area contributed by atoms with Gasteiger partial charge in [0.15, 0.2) is 0 Å². The molecule has 0 aliphatic carbocycles. The van der Waals surface area contributed by atoms with Crippen molar-refractivity contribution in [3.8, 4) is 11.5 Å². The summed E-state index contributed by atoms with van der Waals surface area (Å²) in [4.78, 5) is 33.9. The lowest BCUT2D eigenvalue weighted by molar-refractivity contribution is -0.133. The van der Waals surface area contributed by atoms with Crippen molar-refractivity contribution in [3.63, 3.8) is 0 Å². The van der Waals surface area contributed by atoms with Crippen LogP contribution in [0.15, 0.2) is 122 Å². The van der Waals surface area contributed by atoms with E-state index in [9.17, 15) is 9.59 Å². The number of ether oxygens (including phenoxy) is 2. The Balaban J connectivity index is 0.845. The van der Waals surface area contributed by atoms with Crippen LogP contribution in [0.4, 0.5) is 10.5 Å². The van der Waals surface area contributed by atoms with Crippen molar-refractivity contribution in [2.45, 2.75) is 19.7 Å². The molecule has 2 N–H and O–H groups in total. The molecular weight excluding hydrogens is 628 g/mol. The monoisotopic (exact) mass is 668 g/mol. The smallest absolute Gasteiger partial charge is 0.319 e. The Hall–Kier alpha value is -5.87. The number of urea groups is 1. The summed E-state index contributed by atoms with van der Waals surface area (Å²) >= 11 is 0. The van der Waals surface area contributed by atoms with Crippen LogP contribution in [0.5, 0.6) is 11.5 Å². The molecule has 0 bridgehead atoms. The van der Waals surface area contributed by atoms with Gasteiger partial charge in [-0.3, -0.25) is 14.7 Å². The molecular formula is C40H40N6O4. The van der Waals surface area contributed by atoms with E-state index >= 15 is 0 Å². The average molecular weight is 669 g/mol. The van der Waals surface area contributed by atoms with Gasteiger partial charge in [0.25, 0.3) is 0 Å². The first-order valence-electron chi connectivity index (χ1n) is 16.9. The molecule has 1 fully saturated rings. The molecule has 0 radical (unpaired) electrons. The Labute approximate surface area is 291 Å². The Morgan fingerprint density at radius 3 is 2.32 bits per heavy atom. The van der Waals surface area contributed by atoms with Gasteiger partial charge in [0.05, 0.1) is 5.69 Å². The predicted octanol–water partition coefficient (Wildman–Crippen LogP) is 6.31. The fraction of sp³-hybridized carbons (Fsp3) is 0.225. The van der Waals surface area contributed by atoms with Crippen molar-refractivity contribution in [2.24, 2.45) is 0 Å². The van der Waals surface area contributed by atoms with Gasteiger partial charge in [-0.25, -0.2) is 4.79 Å². The van der Waals surface area contributed by atoms with Gasteiger partial charge in [-0.05, 0) is 65.0 Å². The molecule has 0 saturated carbocycles. The van der Waals surface area contributed by atoms with Gasteiger partial charge in [0, 0.05) is 74.1 Å². The number of para-hydroxylation sites is 1. The van der Waals surface area contributed by atoms with Crippen LogP contribution in [0, 0.1) is 0 Å². The summed E-state index contributed by atoms with van der Waals surface area (Å²) < 4.78 is 14.3. The van der Waals surface area contributed by atoms with E-state index in [0.717, 1.165) is 77.0 Å². The van der Waals surface area contributed by atoms with E-state index in [2.05, 4.69) is 38.7 Å². The summed E-state index contributed by atoms with van der Waals surface area (Å²) in [6, 6.07) is 33.2. The van der Waals surface area contributed by atoms with Crippen LogP contribution in [0.1, 0.15) is 11.1 Å². The van der Waals surface area contributed by atoms with E-state index in [0.29, 0.717) is 32.0 Å². The van der Waals surface area contributed by atoms with Gasteiger partial charge in [0.1, 0.15) is 31.3 Å². The van der Waals surface area contributed by atoms with Crippen molar-refractivity contribution in [1.82, 2.24) is 24.7 Å². The fourth-order valence-corrected chi connectivity index (χ4v) is 6.24. The number of amides is 3. The predicted molar refractivity (Wildman–Crippen MR) is 195 cm³/mol. The molecule has 4 aromatic carbocycles. The Morgan fingerprint density at radius 1 is 0.740 bits per heavy atom. The molecule has 7 rings (SSSR count). The number of rotatable bonds is 12. The first-order valence-corrected chi connectivity index (χ1v) is 16.9. The molecule has 10 heteroatoms. The second-order valence-electron chi connectivity index (χ2n) is 12.3. The maximum atomic E-state index is 13.0. The highest BCUT2D eigenvalue weighted by Gasteiger charge is 2.21. The van der Waals surface area contributed by atoms with Crippen molar-refractivity contribution >= 4 is 39.3 Å². The van der Waals surface area contributed by atoms with E-state index < -0.39 is 0 Å². The van der Waals surface area contributed by atoms with Crippen LogP contribution in [-0.2, 0) is 24.5 Å². The number of benzene rings is 4. The first-order chi connectivity index (χ1) is 24.6. The van der Waals surface area contributed by atoms with Gasteiger partial charge in [-0.2, -0.15) is 0 Å². The highest BCUT2D eigenvalue weighted by Crippen LogP contribution is 2.32. The van der Waals surface area contributed by atoms with Crippen LogP contribution < -0.4 is 20.1 Å². The van der Waals surface area contributed by atoms with Crippen molar-refractivity contribution < 1.29 is 19.1 Å². The van der Waals surface area contributed by atoms with Crippen LogP contribution in [0.25, 0.3) is 21.7 Å². The van der Waals surface area contributed by atoms with E-state index in [1.807, 2.05) is 101 Å². The number of carbonyl (C=O) groups excluding carboxylic acids is 2. The maximum Gasteiger partial charge on any atom is 0.319 e. The first kappa shape index (κ1) is 32.7. The summed E-state index contributed by atoms with van der Waals surface area (Å²) in [6.07, 6.45) is 5.40. The van der Waals surface area contributed by atoms with Gasteiger partial charge in [0.2, 0.25) is 5.91 Å². The number of aromatic nitrogens is 2. The minimum atomic E-state index is -0.282. The van der Waals surface area contributed by atoms with Crippen LogP contribution in [-0.4, -0.2) is 70.6 Å². The molecule has 3 amide bonds. The molecule has 1 aliphatic heterocycles. The Kier molecular flexibility index (Phi) is 10.2. The second kappa shape index (κ2) is 15.6. The third-order valence-electron chi connectivity index (χ3n) is 9.04. The summed E-state index contributed by atoms with van der Waals surface area (Å²) in [6.45, 7) is 5.68. The molecule has 1 aliphatic rings. The minimum absolute atomic E-state index is 0.158. The Morgan fingerprint density at radius 2 is 1.50 bits per heavy atom. The lowest BCUT2D eigenvalue weighted by atomic mass is 10.1. The topological polar surface area (TPSA) is 101 Å². The third-order valence-corrected chi connectivity index (χ3v) is 9.04. The number of hydrogen-bond donors (Lipinski definition) is 2. The number of fused-ring (bicyclic) bond motifs is 2. The van der Waals surface area contributed by atoms with Crippen LogP contribution in [0.3, 0.4) is 0 Å². The van der Waals surface area contributed by atoms with Gasteiger partial charge in [-0.1, -0.05) is 54.6 Å². The van der Waals surface area contributed by atoms with Crippen molar-refractivity contribution in [2.75, 3.05) is 44.6 Å². The molecule has 254 valence electrons. The second-order valence-corrected chi connectivity index (χ2v) is 12.3. The quantitative estimate of drug-likeness (QED) is 0.159. The highest BCUT2D eigenvalue weighted by molar-refractivity contribution is 6.03. The van der Waals surface area contributed by atoms with Crippen molar-refractivity contribution in [3.05, 3.63) is 133 Å². The SMILES string of the molecule is O=C(NCc1ccncc1)Nc1ccc(OCc2ccc(OCCN3CCN(C(=O)Cn4ccc5ccccc54)CC3)cc2)c2ccccc12. The third kappa shape index (κ3) is 8.04. The number of pyridine rings is 1. The van der Waals surface area contributed by atoms with E-state index in [-0.39, 0.29) is 11.9 Å². The lowest BCUT2D eigenvalue weighted by Crippen LogP contribution is -2.50. The lowest BCUT2D eigenvalue weighted by Gasteiger charge is -2.34. The standard InChI is InChI=1S/C40H40N6O4/c47-39(28-46-20-17-32-5-1-4-8-37(32)46)45-23-21-44(22-24-45)25-26-49-33-11-9-31(10-12-33)29-50-38-14-13-36(34-6-2-3-7-35(34)38)43-40(48)42-27-30-15-18-41-19-16-30/h1-20H,21-29H2,(H2,42,43,48). The van der Waals surface area contributed by atoms with E-state index in [4.69, 9.17) is 9.47 Å². The molecule has 0 unspecified atom stereocenters. The molecule has 0 atom stereocenters. The van der Waals surface area contributed by atoms with Gasteiger partial charge in [-0.15, -0.1) is 0 Å². The number of hydrogen-bond acceptors (Lipinski definition) is 6. The molecule has 3 heterocycles. The van der Waals surface area contributed by atoms with Crippen LogP contribution in [0.2, 0.25) is 0 Å². The zero-order chi connectivity index (χ0) is 34.1. The number of carbonyl (C=O) groups is 2. The zero-order valence-electron chi connectivity index (χ0n) is 27.8. The van der Waals surface area contributed by atoms with Gasteiger partial charge >= 0.3 is 6.03 Å². The summed E-state index contributed by atoms with van der Waals surface area (Å²) in [7, 11) is 0. The number of anilines is 1. The van der Waals surface area contributed by atoms with Gasteiger partial charge < -0.3 is 29.6 Å². The molecule has 50 heavy (non-hydrogen) atoms. The number of piperazine rings is 1.